The van der Waals surface area contributed by atoms with Crippen molar-refractivity contribution in [2.75, 3.05) is 19.4 Å². The fraction of sp³-hybridized carbons (Fsp3) is 0.333. The Morgan fingerprint density at radius 2 is 1.85 bits per heavy atom. The molecular formula is C15H17ClN2O2. The SMILES string of the molecule is CN(C)/C=C/C(=O)C1(C(=O)Nc2ccc(Cl)cc2)CC1. The van der Waals surface area contributed by atoms with Gasteiger partial charge in [-0.1, -0.05) is 11.6 Å². The summed E-state index contributed by atoms with van der Waals surface area (Å²) in [5.41, 5.74) is -0.235. The molecule has 0 radical (unpaired) electrons. The molecule has 0 atom stereocenters. The Kier molecular flexibility index (Phi) is 4.14. The van der Waals surface area contributed by atoms with Gasteiger partial charge in [0.05, 0.1) is 0 Å². The van der Waals surface area contributed by atoms with Gasteiger partial charge in [0.2, 0.25) is 5.91 Å². The van der Waals surface area contributed by atoms with Crippen LogP contribution in [0.3, 0.4) is 0 Å². The fourth-order valence-corrected chi connectivity index (χ4v) is 2.00. The summed E-state index contributed by atoms with van der Waals surface area (Å²) in [4.78, 5) is 26.1. The molecule has 0 unspecified atom stereocenters. The molecule has 2 rings (SSSR count). The monoisotopic (exact) mass is 292 g/mol. The topological polar surface area (TPSA) is 49.4 Å². The van der Waals surface area contributed by atoms with E-state index in [9.17, 15) is 9.59 Å². The van der Waals surface area contributed by atoms with Crippen LogP contribution in [0.25, 0.3) is 0 Å². The third-order valence-corrected chi connectivity index (χ3v) is 3.53. The van der Waals surface area contributed by atoms with Crippen molar-refractivity contribution in [2.45, 2.75) is 12.8 Å². The maximum Gasteiger partial charge on any atom is 0.238 e. The van der Waals surface area contributed by atoms with Crippen LogP contribution in [0.2, 0.25) is 5.02 Å². The smallest absolute Gasteiger partial charge is 0.238 e. The Hall–Kier alpha value is -1.81. The number of hydrogen-bond acceptors (Lipinski definition) is 3. The van der Waals surface area contributed by atoms with Crippen LogP contribution in [0.1, 0.15) is 12.8 Å². The van der Waals surface area contributed by atoms with Crippen LogP contribution in [0.4, 0.5) is 5.69 Å². The number of ketones is 1. The number of rotatable bonds is 5. The van der Waals surface area contributed by atoms with E-state index in [2.05, 4.69) is 5.32 Å². The normalized spacial score (nSPS) is 15.9. The molecule has 1 aromatic carbocycles. The van der Waals surface area contributed by atoms with Crippen molar-refractivity contribution >= 4 is 29.0 Å². The van der Waals surface area contributed by atoms with E-state index in [-0.39, 0.29) is 11.7 Å². The molecule has 0 bridgehead atoms. The molecule has 0 spiro atoms. The number of anilines is 1. The first kappa shape index (κ1) is 14.6. The summed E-state index contributed by atoms with van der Waals surface area (Å²) in [6, 6.07) is 6.84. The van der Waals surface area contributed by atoms with Gasteiger partial charge >= 0.3 is 0 Å². The van der Waals surface area contributed by atoms with E-state index in [1.807, 2.05) is 14.1 Å². The van der Waals surface area contributed by atoms with Crippen LogP contribution in [0.5, 0.6) is 0 Å². The molecule has 0 saturated heterocycles. The second kappa shape index (κ2) is 5.67. The van der Waals surface area contributed by atoms with Crippen LogP contribution in [0.15, 0.2) is 36.5 Å². The lowest BCUT2D eigenvalue weighted by Gasteiger charge is -2.13. The number of hydrogen-bond donors (Lipinski definition) is 1. The van der Waals surface area contributed by atoms with Gasteiger partial charge in [-0.15, -0.1) is 0 Å². The zero-order chi connectivity index (χ0) is 14.8. The predicted molar refractivity (Wildman–Crippen MR) is 79.6 cm³/mol. The second-order valence-corrected chi connectivity index (χ2v) is 5.62. The number of carbonyl (C=O) groups is 2. The average molecular weight is 293 g/mol. The number of nitrogens with one attached hydrogen (secondary N) is 1. The van der Waals surface area contributed by atoms with E-state index in [1.165, 1.54) is 6.08 Å². The molecule has 0 aliphatic heterocycles. The van der Waals surface area contributed by atoms with Gasteiger partial charge in [-0.25, -0.2) is 0 Å². The lowest BCUT2D eigenvalue weighted by atomic mass is 9.99. The van der Waals surface area contributed by atoms with E-state index >= 15 is 0 Å². The number of carbonyl (C=O) groups excluding carboxylic acids is 2. The van der Waals surface area contributed by atoms with Crippen molar-refractivity contribution in [3.05, 3.63) is 41.6 Å². The zero-order valence-electron chi connectivity index (χ0n) is 11.5. The molecule has 1 aliphatic carbocycles. The number of allylic oxidation sites excluding steroid dienone is 1. The summed E-state index contributed by atoms with van der Waals surface area (Å²) in [5, 5.41) is 3.38. The molecule has 1 fully saturated rings. The third kappa shape index (κ3) is 3.20. The summed E-state index contributed by atoms with van der Waals surface area (Å²) >= 11 is 5.79. The molecular weight excluding hydrogens is 276 g/mol. The number of amides is 1. The minimum absolute atomic E-state index is 0.141. The Bertz CT molecular complexity index is 545. The molecule has 1 amide bonds. The number of nitrogens with zero attached hydrogens (tertiary/aromatic N) is 1. The largest absolute Gasteiger partial charge is 0.383 e. The summed E-state index contributed by atoms with van der Waals surface area (Å²) < 4.78 is 0. The number of halogens is 1. The van der Waals surface area contributed by atoms with Crippen LogP contribution in [-0.4, -0.2) is 30.7 Å². The lowest BCUT2D eigenvalue weighted by Crippen LogP contribution is -2.30. The van der Waals surface area contributed by atoms with E-state index in [0.29, 0.717) is 23.6 Å². The zero-order valence-corrected chi connectivity index (χ0v) is 12.3. The van der Waals surface area contributed by atoms with Gasteiger partial charge in [0.1, 0.15) is 5.41 Å². The van der Waals surface area contributed by atoms with Crippen LogP contribution >= 0.6 is 11.6 Å². The summed E-state index contributed by atoms with van der Waals surface area (Å²) in [6.45, 7) is 0. The van der Waals surface area contributed by atoms with Crippen molar-refractivity contribution in [3.8, 4) is 0 Å². The highest BCUT2D eigenvalue weighted by Crippen LogP contribution is 2.47. The number of benzene rings is 1. The van der Waals surface area contributed by atoms with Crippen molar-refractivity contribution in [2.24, 2.45) is 5.41 Å². The molecule has 1 aromatic rings. The fourth-order valence-electron chi connectivity index (χ4n) is 1.87. The Morgan fingerprint density at radius 3 is 2.35 bits per heavy atom. The molecule has 1 aliphatic rings. The summed E-state index contributed by atoms with van der Waals surface area (Å²) in [6.07, 6.45) is 4.33. The van der Waals surface area contributed by atoms with Gasteiger partial charge in [-0.3, -0.25) is 9.59 Å². The molecule has 1 saturated carbocycles. The average Bonchev–Trinajstić information content (AvgIpc) is 3.20. The highest BCUT2D eigenvalue weighted by molar-refractivity contribution is 6.30. The maximum absolute atomic E-state index is 12.3. The maximum atomic E-state index is 12.3. The van der Waals surface area contributed by atoms with E-state index in [0.717, 1.165) is 0 Å². The van der Waals surface area contributed by atoms with Gasteiger partial charge in [0.15, 0.2) is 5.78 Å². The summed E-state index contributed by atoms with van der Waals surface area (Å²) in [5.74, 6) is -0.383. The van der Waals surface area contributed by atoms with Gasteiger partial charge < -0.3 is 10.2 Å². The van der Waals surface area contributed by atoms with Gasteiger partial charge in [-0.2, -0.15) is 0 Å². The van der Waals surface area contributed by atoms with Gasteiger partial charge in [0, 0.05) is 31.0 Å². The Balaban J connectivity index is 2.05. The molecule has 20 heavy (non-hydrogen) atoms. The van der Waals surface area contributed by atoms with E-state index in [4.69, 9.17) is 11.6 Å². The van der Waals surface area contributed by atoms with Gasteiger partial charge in [0.25, 0.3) is 0 Å². The Labute approximate surface area is 123 Å². The highest BCUT2D eigenvalue weighted by atomic mass is 35.5. The first-order valence-electron chi connectivity index (χ1n) is 6.40. The minimum atomic E-state index is -0.883. The standard InChI is InChI=1S/C15H17ClN2O2/c1-18(2)10-7-13(19)15(8-9-15)14(20)17-12-5-3-11(16)4-6-12/h3-7,10H,8-9H2,1-2H3,(H,17,20)/b10-7+. The van der Waals surface area contributed by atoms with Crippen LogP contribution < -0.4 is 5.32 Å². The molecule has 5 heteroatoms. The van der Waals surface area contributed by atoms with Crippen molar-refractivity contribution in [1.82, 2.24) is 4.90 Å². The predicted octanol–water partition coefficient (Wildman–Crippen LogP) is 2.70. The van der Waals surface area contributed by atoms with E-state index < -0.39 is 5.41 Å². The molecule has 106 valence electrons. The molecule has 0 heterocycles. The first-order valence-corrected chi connectivity index (χ1v) is 6.78. The highest BCUT2D eigenvalue weighted by Gasteiger charge is 2.55. The van der Waals surface area contributed by atoms with E-state index in [1.54, 1.807) is 35.4 Å². The molecule has 1 N–H and O–H groups in total. The van der Waals surface area contributed by atoms with Crippen molar-refractivity contribution in [3.63, 3.8) is 0 Å². The van der Waals surface area contributed by atoms with Crippen LogP contribution in [0, 0.1) is 5.41 Å². The van der Waals surface area contributed by atoms with Crippen molar-refractivity contribution < 1.29 is 9.59 Å². The lowest BCUT2D eigenvalue weighted by molar-refractivity contribution is -0.130. The van der Waals surface area contributed by atoms with Gasteiger partial charge in [-0.05, 0) is 43.2 Å². The minimum Gasteiger partial charge on any atom is -0.383 e. The quantitative estimate of drug-likeness (QED) is 0.670. The molecule has 4 nitrogen and oxygen atoms in total. The summed E-state index contributed by atoms with van der Waals surface area (Å²) in [7, 11) is 3.66. The Morgan fingerprint density at radius 1 is 1.25 bits per heavy atom. The first-order chi connectivity index (χ1) is 9.44. The second-order valence-electron chi connectivity index (χ2n) is 5.19. The van der Waals surface area contributed by atoms with Crippen molar-refractivity contribution in [1.29, 1.82) is 0 Å². The van der Waals surface area contributed by atoms with Crippen LogP contribution in [-0.2, 0) is 9.59 Å². The molecule has 0 aromatic heterocycles. The third-order valence-electron chi connectivity index (χ3n) is 3.28.